The minimum Gasteiger partial charge on any atom is -0.419 e. The number of aromatic nitrogens is 1. The van der Waals surface area contributed by atoms with Gasteiger partial charge in [-0.25, -0.2) is 8.42 Å². The molecule has 2 heterocycles. The Labute approximate surface area is 165 Å². The summed E-state index contributed by atoms with van der Waals surface area (Å²) in [7, 11) is 0.437. The Bertz CT molecular complexity index is 939. The predicted octanol–water partition coefficient (Wildman–Crippen LogP) is 2.36. The number of oxazole rings is 1. The van der Waals surface area contributed by atoms with Gasteiger partial charge in [0.25, 0.3) is 0 Å². The van der Waals surface area contributed by atoms with E-state index in [2.05, 4.69) is 10.3 Å². The van der Waals surface area contributed by atoms with Crippen molar-refractivity contribution < 1.29 is 12.8 Å². The van der Waals surface area contributed by atoms with Gasteiger partial charge in [0, 0.05) is 31.7 Å². The molecule has 1 aliphatic rings. The maximum absolute atomic E-state index is 12.7. The first-order chi connectivity index (χ1) is 13.4. The molecule has 1 aromatic carbocycles. The molecule has 0 saturated carbocycles. The van der Waals surface area contributed by atoms with E-state index in [4.69, 9.17) is 4.42 Å². The quantitative estimate of drug-likeness (QED) is 0.757. The third-order valence-electron chi connectivity index (χ3n) is 4.63. The van der Waals surface area contributed by atoms with Gasteiger partial charge >= 0.3 is 0 Å². The molecule has 28 heavy (non-hydrogen) atoms. The third kappa shape index (κ3) is 4.52. The van der Waals surface area contributed by atoms with Crippen molar-refractivity contribution in [2.75, 3.05) is 45.6 Å². The van der Waals surface area contributed by atoms with Crippen molar-refractivity contribution in [2.45, 2.75) is 24.2 Å². The lowest BCUT2D eigenvalue weighted by atomic mass is 10.2. The van der Waals surface area contributed by atoms with Crippen LogP contribution in [-0.4, -0.2) is 62.9 Å². The van der Waals surface area contributed by atoms with E-state index in [1.54, 1.807) is 24.3 Å². The molecule has 1 aromatic heterocycles. The van der Waals surface area contributed by atoms with E-state index in [1.807, 2.05) is 25.1 Å². The van der Waals surface area contributed by atoms with Crippen molar-refractivity contribution >= 4 is 15.9 Å². The van der Waals surface area contributed by atoms with E-state index in [-0.39, 0.29) is 16.5 Å². The van der Waals surface area contributed by atoms with Crippen LogP contribution in [0.15, 0.2) is 33.6 Å². The maximum atomic E-state index is 12.7. The highest BCUT2D eigenvalue weighted by molar-refractivity contribution is 7.89. The topological polar surface area (TPSA) is 102 Å². The van der Waals surface area contributed by atoms with Gasteiger partial charge in [-0.1, -0.05) is 6.42 Å². The van der Waals surface area contributed by atoms with Crippen LogP contribution in [0.5, 0.6) is 0 Å². The van der Waals surface area contributed by atoms with Gasteiger partial charge in [-0.15, -0.1) is 0 Å². The molecule has 0 bridgehead atoms. The van der Waals surface area contributed by atoms with Crippen LogP contribution in [0, 0.1) is 11.3 Å². The van der Waals surface area contributed by atoms with Crippen molar-refractivity contribution in [2.24, 2.45) is 0 Å². The molecule has 3 rings (SSSR count). The van der Waals surface area contributed by atoms with Gasteiger partial charge < -0.3 is 14.6 Å². The van der Waals surface area contributed by atoms with Gasteiger partial charge in [0.05, 0.1) is 4.90 Å². The second kappa shape index (κ2) is 8.73. The molecular weight excluding hydrogens is 378 g/mol. The summed E-state index contributed by atoms with van der Waals surface area (Å²) in [5.41, 5.74) is 0.800. The summed E-state index contributed by atoms with van der Waals surface area (Å²) in [6.45, 7) is 2.53. The number of nitrogens with one attached hydrogen (secondary N) is 1. The number of likely N-dealkylation sites (N-methyl/N-ethyl adjacent to an activating group) is 1. The van der Waals surface area contributed by atoms with Crippen molar-refractivity contribution in [3.8, 4) is 17.5 Å². The van der Waals surface area contributed by atoms with E-state index in [0.717, 1.165) is 25.8 Å². The van der Waals surface area contributed by atoms with Crippen molar-refractivity contribution in [3.05, 3.63) is 30.0 Å². The van der Waals surface area contributed by atoms with Crippen LogP contribution in [0.3, 0.4) is 0 Å². The van der Waals surface area contributed by atoms with Gasteiger partial charge in [0.1, 0.15) is 6.07 Å². The van der Waals surface area contributed by atoms with Crippen LogP contribution in [0.2, 0.25) is 0 Å². The summed E-state index contributed by atoms with van der Waals surface area (Å²) in [6, 6.07) is 8.47. The number of rotatable bonds is 7. The van der Waals surface area contributed by atoms with Crippen molar-refractivity contribution in [1.82, 2.24) is 14.2 Å². The number of benzene rings is 1. The fourth-order valence-corrected chi connectivity index (χ4v) is 4.57. The van der Waals surface area contributed by atoms with Crippen LogP contribution in [0.25, 0.3) is 11.5 Å². The first-order valence-electron chi connectivity index (χ1n) is 9.32. The average Bonchev–Trinajstić information content (AvgIpc) is 3.12. The molecular formula is C19H25N5O3S. The van der Waals surface area contributed by atoms with Crippen molar-refractivity contribution in [1.29, 1.82) is 5.26 Å². The molecule has 9 heteroatoms. The van der Waals surface area contributed by atoms with Crippen molar-refractivity contribution in [3.63, 3.8) is 0 Å². The number of nitriles is 1. The highest BCUT2D eigenvalue weighted by Crippen LogP contribution is 2.27. The van der Waals surface area contributed by atoms with E-state index >= 15 is 0 Å². The highest BCUT2D eigenvalue weighted by atomic mass is 32.2. The van der Waals surface area contributed by atoms with Crippen LogP contribution in [0.4, 0.5) is 5.88 Å². The van der Waals surface area contributed by atoms with Gasteiger partial charge in [0.2, 0.25) is 27.5 Å². The van der Waals surface area contributed by atoms with E-state index in [9.17, 15) is 13.7 Å². The SMILES string of the molecule is CN(C)CCNc1oc(-c2ccc(S(=O)(=O)N3CCCCC3)cc2)nc1C#N. The molecule has 2 aromatic rings. The predicted molar refractivity (Wildman–Crippen MR) is 106 cm³/mol. The molecule has 1 saturated heterocycles. The molecule has 150 valence electrons. The van der Waals surface area contributed by atoms with Crippen LogP contribution < -0.4 is 5.32 Å². The normalized spacial score (nSPS) is 15.5. The Morgan fingerprint density at radius 3 is 2.50 bits per heavy atom. The first kappa shape index (κ1) is 20.3. The Morgan fingerprint density at radius 1 is 1.21 bits per heavy atom. The molecule has 0 amide bonds. The Balaban J connectivity index is 1.78. The van der Waals surface area contributed by atoms with Crippen LogP contribution in [-0.2, 0) is 10.0 Å². The first-order valence-corrected chi connectivity index (χ1v) is 10.8. The zero-order chi connectivity index (χ0) is 20.1. The zero-order valence-electron chi connectivity index (χ0n) is 16.2. The molecule has 0 spiro atoms. The molecule has 0 radical (unpaired) electrons. The van der Waals surface area contributed by atoms with E-state index < -0.39 is 10.0 Å². The fraction of sp³-hybridized carbons (Fsp3) is 0.474. The number of piperidine rings is 1. The Kier molecular flexibility index (Phi) is 6.34. The van der Waals surface area contributed by atoms with Crippen LogP contribution in [0.1, 0.15) is 25.0 Å². The fourth-order valence-electron chi connectivity index (χ4n) is 3.06. The minimum absolute atomic E-state index is 0.179. The summed E-state index contributed by atoms with van der Waals surface area (Å²) >= 11 is 0. The minimum atomic E-state index is -3.48. The molecule has 0 atom stereocenters. The monoisotopic (exact) mass is 403 g/mol. The maximum Gasteiger partial charge on any atom is 0.243 e. The lowest BCUT2D eigenvalue weighted by Crippen LogP contribution is -2.35. The largest absolute Gasteiger partial charge is 0.419 e. The lowest BCUT2D eigenvalue weighted by Gasteiger charge is -2.25. The zero-order valence-corrected chi connectivity index (χ0v) is 17.0. The Morgan fingerprint density at radius 2 is 1.89 bits per heavy atom. The molecule has 1 fully saturated rings. The van der Waals surface area contributed by atoms with Gasteiger partial charge in [0.15, 0.2) is 0 Å². The smallest absolute Gasteiger partial charge is 0.243 e. The number of sulfonamides is 1. The Hall–Kier alpha value is -2.41. The summed E-state index contributed by atoms with van der Waals surface area (Å²) < 4.78 is 32.7. The molecule has 8 nitrogen and oxygen atoms in total. The lowest BCUT2D eigenvalue weighted by molar-refractivity contribution is 0.346. The summed E-state index contributed by atoms with van der Waals surface area (Å²) in [5.74, 6) is 0.607. The standard InChI is InChI=1S/C19H25N5O3S/c1-23(2)13-10-21-19-17(14-20)22-18(27-19)15-6-8-16(9-7-15)28(25,26)24-11-4-3-5-12-24/h6-9,21H,3-5,10-13H2,1-2H3. The number of hydrogen-bond donors (Lipinski definition) is 1. The number of hydrogen-bond acceptors (Lipinski definition) is 7. The van der Waals surface area contributed by atoms with Gasteiger partial charge in [-0.05, 0) is 51.2 Å². The second-order valence-corrected chi connectivity index (χ2v) is 8.97. The number of nitrogens with zero attached hydrogens (tertiary/aromatic N) is 4. The van der Waals surface area contributed by atoms with Gasteiger partial charge in [-0.3, -0.25) is 0 Å². The molecule has 1 aliphatic heterocycles. The van der Waals surface area contributed by atoms with Crippen LogP contribution >= 0.6 is 0 Å². The molecule has 0 unspecified atom stereocenters. The summed E-state index contributed by atoms with van der Waals surface area (Å²) in [6.07, 6.45) is 2.86. The van der Waals surface area contributed by atoms with E-state index in [1.165, 1.54) is 4.31 Å². The summed E-state index contributed by atoms with van der Waals surface area (Å²) in [4.78, 5) is 6.49. The number of anilines is 1. The molecule has 1 N–H and O–H groups in total. The third-order valence-corrected chi connectivity index (χ3v) is 6.54. The second-order valence-electron chi connectivity index (χ2n) is 7.03. The molecule has 0 aliphatic carbocycles. The van der Waals surface area contributed by atoms with E-state index in [0.29, 0.717) is 31.1 Å². The van der Waals surface area contributed by atoms with Gasteiger partial charge in [-0.2, -0.15) is 14.6 Å². The average molecular weight is 404 g/mol. The summed E-state index contributed by atoms with van der Waals surface area (Å²) in [5, 5.41) is 12.3. The highest BCUT2D eigenvalue weighted by Gasteiger charge is 2.26.